The predicted molar refractivity (Wildman–Crippen MR) is 61.2 cm³/mol. The molecule has 1 heterocycles. The molecule has 82 valence electrons. The van der Waals surface area contributed by atoms with Crippen LogP contribution in [0.2, 0.25) is 0 Å². The first-order chi connectivity index (χ1) is 7.29. The van der Waals surface area contributed by atoms with Gasteiger partial charge in [-0.25, -0.2) is 9.97 Å². The zero-order chi connectivity index (χ0) is 11.1. The summed E-state index contributed by atoms with van der Waals surface area (Å²) in [6, 6.07) is 0. The molecule has 0 saturated carbocycles. The molecule has 0 radical (unpaired) electrons. The van der Waals surface area contributed by atoms with Crippen molar-refractivity contribution < 1.29 is 4.74 Å². The van der Waals surface area contributed by atoms with Crippen LogP contribution in [0.4, 0.5) is 5.82 Å². The maximum Gasteiger partial charge on any atom is 0.221 e. The van der Waals surface area contributed by atoms with E-state index in [2.05, 4.69) is 21.9 Å². The Labute approximate surface area is 90.4 Å². The predicted octanol–water partition coefficient (Wildman–Crippen LogP) is 2.17. The van der Waals surface area contributed by atoms with Gasteiger partial charge >= 0.3 is 0 Å². The molecule has 0 aliphatic carbocycles. The van der Waals surface area contributed by atoms with Crippen LogP contribution in [0.3, 0.4) is 0 Å². The van der Waals surface area contributed by atoms with Gasteiger partial charge in [0.25, 0.3) is 0 Å². The van der Waals surface area contributed by atoms with Gasteiger partial charge in [-0.05, 0) is 20.3 Å². The standard InChI is InChI=1S/C11H17N3O/c1-4-6-7-15-11-9(3)10(12-5-2)13-8-14-11/h4,8H,1,5-7H2,2-3H3,(H,12,13,14). The summed E-state index contributed by atoms with van der Waals surface area (Å²) in [6.07, 6.45) is 4.15. The van der Waals surface area contributed by atoms with E-state index in [9.17, 15) is 0 Å². The highest BCUT2D eigenvalue weighted by Gasteiger charge is 2.06. The number of nitrogens with zero attached hydrogens (tertiary/aromatic N) is 2. The topological polar surface area (TPSA) is 47.0 Å². The summed E-state index contributed by atoms with van der Waals surface area (Å²) in [5, 5.41) is 3.16. The molecule has 1 aromatic heterocycles. The van der Waals surface area contributed by atoms with Crippen LogP contribution in [-0.4, -0.2) is 23.1 Å². The molecule has 4 nitrogen and oxygen atoms in total. The van der Waals surface area contributed by atoms with Crippen molar-refractivity contribution in [2.75, 3.05) is 18.5 Å². The molecular weight excluding hydrogens is 190 g/mol. The number of nitrogens with one attached hydrogen (secondary N) is 1. The quantitative estimate of drug-likeness (QED) is 0.573. The molecule has 1 aromatic rings. The van der Waals surface area contributed by atoms with Gasteiger partial charge < -0.3 is 10.1 Å². The van der Waals surface area contributed by atoms with E-state index < -0.39 is 0 Å². The van der Waals surface area contributed by atoms with Gasteiger partial charge in [-0.1, -0.05) is 6.08 Å². The van der Waals surface area contributed by atoms with Crippen LogP contribution in [-0.2, 0) is 0 Å². The van der Waals surface area contributed by atoms with Gasteiger partial charge in [-0.15, -0.1) is 6.58 Å². The summed E-state index contributed by atoms with van der Waals surface area (Å²) in [6.45, 7) is 9.05. The molecule has 1 rings (SSSR count). The summed E-state index contributed by atoms with van der Waals surface area (Å²) in [4.78, 5) is 8.22. The Balaban J connectivity index is 2.70. The van der Waals surface area contributed by atoms with E-state index in [0.717, 1.165) is 24.3 Å². The number of hydrogen-bond donors (Lipinski definition) is 1. The molecule has 0 fully saturated rings. The second-order valence-electron chi connectivity index (χ2n) is 3.11. The molecule has 0 aliphatic heterocycles. The molecule has 0 spiro atoms. The van der Waals surface area contributed by atoms with E-state index in [-0.39, 0.29) is 0 Å². The number of rotatable bonds is 6. The van der Waals surface area contributed by atoms with Crippen molar-refractivity contribution in [1.82, 2.24) is 9.97 Å². The minimum atomic E-state index is 0.604. The molecule has 4 heteroatoms. The number of hydrogen-bond acceptors (Lipinski definition) is 4. The fourth-order valence-corrected chi connectivity index (χ4v) is 1.16. The fraction of sp³-hybridized carbons (Fsp3) is 0.455. The third kappa shape index (κ3) is 3.23. The Morgan fingerprint density at radius 1 is 1.53 bits per heavy atom. The molecular formula is C11H17N3O. The van der Waals surface area contributed by atoms with Crippen molar-refractivity contribution in [1.29, 1.82) is 0 Å². The zero-order valence-corrected chi connectivity index (χ0v) is 9.29. The van der Waals surface area contributed by atoms with E-state index in [4.69, 9.17) is 4.74 Å². The van der Waals surface area contributed by atoms with E-state index >= 15 is 0 Å². The van der Waals surface area contributed by atoms with Crippen LogP contribution in [0.1, 0.15) is 18.9 Å². The molecule has 15 heavy (non-hydrogen) atoms. The van der Waals surface area contributed by atoms with Crippen LogP contribution in [0.5, 0.6) is 5.88 Å². The van der Waals surface area contributed by atoms with Gasteiger partial charge in [0.15, 0.2) is 0 Å². The molecule has 0 aliphatic rings. The normalized spacial score (nSPS) is 9.73. The summed E-state index contributed by atoms with van der Waals surface area (Å²) in [5.74, 6) is 1.48. The van der Waals surface area contributed by atoms with Crippen LogP contribution in [0, 0.1) is 6.92 Å². The Hall–Kier alpha value is -1.58. The highest BCUT2D eigenvalue weighted by molar-refractivity contribution is 5.47. The van der Waals surface area contributed by atoms with Crippen molar-refractivity contribution in [2.45, 2.75) is 20.3 Å². The maximum atomic E-state index is 5.50. The average molecular weight is 207 g/mol. The van der Waals surface area contributed by atoms with Gasteiger partial charge in [-0.2, -0.15) is 0 Å². The molecule has 0 bridgehead atoms. The Morgan fingerprint density at radius 2 is 2.33 bits per heavy atom. The van der Waals surface area contributed by atoms with Gasteiger partial charge in [0.2, 0.25) is 5.88 Å². The number of ether oxygens (including phenoxy) is 1. The Bertz CT molecular complexity index is 326. The van der Waals surface area contributed by atoms with Crippen LogP contribution < -0.4 is 10.1 Å². The minimum absolute atomic E-state index is 0.604. The monoisotopic (exact) mass is 207 g/mol. The van der Waals surface area contributed by atoms with E-state index in [1.54, 1.807) is 0 Å². The van der Waals surface area contributed by atoms with Crippen molar-refractivity contribution in [3.8, 4) is 5.88 Å². The summed E-state index contributed by atoms with van der Waals surface area (Å²) >= 11 is 0. The van der Waals surface area contributed by atoms with Crippen LogP contribution in [0.25, 0.3) is 0 Å². The van der Waals surface area contributed by atoms with Crippen molar-refractivity contribution in [3.63, 3.8) is 0 Å². The first-order valence-electron chi connectivity index (χ1n) is 5.08. The Kier molecular flexibility index (Phi) is 4.60. The first-order valence-corrected chi connectivity index (χ1v) is 5.08. The van der Waals surface area contributed by atoms with Crippen molar-refractivity contribution >= 4 is 5.82 Å². The number of aromatic nitrogens is 2. The van der Waals surface area contributed by atoms with Gasteiger partial charge in [-0.3, -0.25) is 0 Å². The zero-order valence-electron chi connectivity index (χ0n) is 9.29. The molecule has 0 atom stereocenters. The van der Waals surface area contributed by atoms with Gasteiger partial charge in [0, 0.05) is 6.54 Å². The van der Waals surface area contributed by atoms with Crippen molar-refractivity contribution in [3.05, 3.63) is 24.5 Å². The second kappa shape index (κ2) is 6.01. The molecule has 0 unspecified atom stereocenters. The average Bonchev–Trinajstić information content (AvgIpc) is 2.24. The Morgan fingerprint density at radius 3 is 3.00 bits per heavy atom. The van der Waals surface area contributed by atoms with Gasteiger partial charge in [0.05, 0.1) is 12.2 Å². The minimum Gasteiger partial charge on any atom is -0.477 e. The molecule has 1 N–H and O–H groups in total. The third-order valence-electron chi connectivity index (χ3n) is 1.94. The lowest BCUT2D eigenvalue weighted by atomic mass is 10.3. The maximum absolute atomic E-state index is 5.50. The highest BCUT2D eigenvalue weighted by Crippen LogP contribution is 2.19. The molecule has 0 aromatic carbocycles. The lowest BCUT2D eigenvalue weighted by Gasteiger charge is -2.10. The van der Waals surface area contributed by atoms with E-state index in [1.807, 2.05) is 19.9 Å². The molecule has 0 saturated heterocycles. The SMILES string of the molecule is C=CCCOc1ncnc(NCC)c1C. The first kappa shape index (κ1) is 11.5. The largest absolute Gasteiger partial charge is 0.477 e. The third-order valence-corrected chi connectivity index (χ3v) is 1.94. The lowest BCUT2D eigenvalue weighted by molar-refractivity contribution is 0.309. The smallest absolute Gasteiger partial charge is 0.221 e. The van der Waals surface area contributed by atoms with Gasteiger partial charge in [0.1, 0.15) is 12.1 Å². The van der Waals surface area contributed by atoms with E-state index in [1.165, 1.54) is 6.33 Å². The summed E-state index contributed by atoms with van der Waals surface area (Å²) in [5.41, 5.74) is 0.948. The summed E-state index contributed by atoms with van der Waals surface area (Å²) < 4.78 is 5.50. The fourth-order valence-electron chi connectivity index (χ4n) is 1.16. The molecule has 0 amide bonds. The second-order valence-corrected chi connectivity index (χ2v) is 3.11. The highest BCUT2D eigenvalue weighted by atomic mass is 16.5. The van der Waals surface area contributed by atoms with Crippen LogP contribution >= 0.6 is 0 Å². The number of anilines is 1. The summed E-state index contributed by atoms with van der Waals surface area (Å²) in [7, 11) is 0. The van der Waals surface area contributed by atoms with Crippen molar-refractivity contribution in [2.24, 2.45) is 0 Å². The van der Waals surface area contributed by atoms with E-state index in [0.29, 0.717) is 12.5 Å². The van der Waals surface area contributed by atoms with Crippen LogP contribution in [0.15, 0.2) is 19.0 Å². The lowest BCUT2D eigenvalue weighted by Crippen LogP contribution is -2.06.